The molecule has 0 radical (unpaired) electrons. The van der Waals surface area contributed by atoms with Crippen molar-refractivity contribution in [1.29, 1.82) is 0 Å². The minimum atomic E-state index is -0.731. The van der Waals surface area contributed by atoms with Crippen LogP contribution in [-0.4, -0.2) is 42.3 Å². The first-order valence-electron chi connectivity index (χ1n) is 10.4. The SMILES string of the molecule is O=C1c2ccc(Oc3c(Cl)cc(-n4ncc(=O)[nH]c4=O)cc3Cl)cc2CCN1Cc1cccnn1. The molecule has 35 heavy (non-hydrogen) atoms. The number of benzene rings is 2. The van der Waals surface area contributed by atoms with E-state index in [-0.39, 0.29) is 27.4 Å². The Hall–Kier alpha value is -4.02. The van der Waals surface area contributed by atoms with Crippen molar-refractivity contribution in [1.82, 2.24) is 29.9 Å². The minimum Gasteiger partial charge on any atom is -0.454 e. The van der Waals surface area contributed by atoms with Crippen molar-refractivity contribution in [3.05, 3.63) is 103 Å². The van der Waals surface area contributed by atoms with Gasteiger partial charge in [0.25, 0.3) is 11.5 Å². The summed E-state index contributed by atoms with van der Waals surface area (Å²) in [6, 6.07) is 11.7. The Morgan fingerprint density at radius 1 is 1.06 bits per heavy atom. The highest BCUT2D eigenvalue weighted by Gasteiger charge is 2.25. The molecule has 5 rings (SSSR count). The Kier molecular flexibility index (Phi) is 6.06. The number of aromatic nitrogens is 5. The molecular weight excluding hydrogens is 495 g/mol. The van der Waals surface area contributed by atoms with Crippen LogP contribution in [0, 0.1) is 0 Å². The highest BCUT2D eigenvalue weighted by molar-refractivity contribution is 6.37. The number of carbonyl (C=O) groups excluding carboxylic acids is 1. The van der Waals surface area contributed by atoms with Crippen molar-refractivity contribution < 1.29 is 9.53 Å². The van der Waals surface area contributed by atoms with Crippen molar-refractivity contribution in [2.45, 2.75) is 13.0 Å². The van der Waals surface area contributed by atoms with Gasteiger partial charge in [-0.3, -0.25) is 14.6 Å². The second-order valence-corrected chi connectivity index (χ2v) is 8.52. The molecule has 0 unspecified atom stereocenters. The van der Waals surface area contributed by atoms with E-state index in [9.17, 15) is 14.4 Å². The molecule has 0 spiro atoms. The van der Waals surface area contributed by atoms with Crippen LogP contribution in [0.2, 0.25) is 10.0 Å². The summed E-state index contributed by atoms with van der Waals surface area (Å²) in [5, 5.41) is 12.0. The van der Waals surface area contributed by atoms with Crippen molar-refractivity contribution in [3.8, 4) is 17.2 Å². The number of nitrogens with one attached hydrogen (secondary N) is 1. The molecule has 10 nitrogen and oxygen atoms in total. The third kappa shape index (κ3) is 4.66. The van der Waals surface area contributed by atoms with Crippen LogP contribution in [0.4, 0.5) is 0 Å². The molecule has 4 aromatic rings. The lowest BCUT2D eigenvalue weighted by Gasteiger charge is -2.28. The van der Waals surface area contributed by atoms with E-state index in [0.29, 0.717) is 30.8 Å². The summed E-state index contributed by atoms with van der Waals surface area (Å²) < 4.78 is 6.89. The lowest BCUT2D eigenvalue weighted by Crippen LogP contribution is -2.37. The van der Waals surface area contributed by atoms with Gasteiger partial charge >= 0.3 is 5.69 Å². The van der Waals surface area contributed by atoms with Gasteiger partial charge in [-0.25, -0.2) is 4.79 Å². The van der Waals surface area contributed by atoms with Gasteiger partial charge in [0.1, 0.15) is 11.9 Å². The zero-order chi connectivity index (χ0) is 24.5. The molecule has 0 aliphatic carbocycles. The number of fused-ring (bicyclic) bond motifs is 1. The molecule has 0 saturated carbocycles. The molecule has 0 atom stereocenters. The van der Waals surface area contributed by atoms with E-state index in [1.807, 2.05) is 6.07 Å². The number of rotatable bonds is 5. The number of amides is 1. The van der Waals surface area contributed by atoms with Gasteiger partial charge in [-0.15, -0.1) is 0 Å². The summed E-state index contributed by atoms with van der Waals surface area (Å²) in [7, 11) is 0. The quantitative estimate of drug-likeness (QED) is 0.437. The number of ether oxygens (including phenoxy) is 1. The molecular formula is C23H16Cl2N6O4. The first-order valence-corrected chi connectivity index (χ1v) is 11.2. The Labute approximate surface area is 207 Å². The molecule has 3 heterocycles. The van der Waals surface area contributed by atoms with Crippen LogP contribution in [0.1, 0.15) is 21.6 Å². The fraction of sp³-hybridized carbons (Fsp3) is 0.130. The average molecular weight is 511 g/mol. The first kappa shape index (κ1) is 22.8. The Balaban J connectivity index is 1.37. The molecule has 2 aromatic carbocycles. The third-order valence-corrected chi connectivity index (χ3v) is 5.95. The molecule has 12 heteroatoms. The van der Waals surface area contributed by atoms with Crippen LogP contribution >= 0.6 is 23.2 Å². The molecule has 1 aliphatic rings. The van der Waals surface area contributed by atoms with E-state index in [4.69, 9.17) is 27.9 Å². The van der Waals surface area contributed by atoms with Crippen LogP contribution in [0.15, 0.2) is 64.4 Å². The summed E-state index contributed by atoms with van der Waals surface area (Å²) >= 11 is 12.8. The van der Waals surface area contributed by atoms with Gasteiger partial charge in [0.2, 0.25) is 0 Å². The van der Waals surface area contributed by atoms with E-state index in [1.54, 1.807) is 35.4 Å². The molecule has 0 bridgehead atoms. The Morgan fingerprint density at radius 3 is 2.57 bits per heavy atom. The Morgan fingerprint density at radius 2 is 1.86 bits per heavy atom. The van der Waals surface area contributed by atoms with Gasteiger partial charge in [-0.05, 0) is 54.4 Å². The smallest absolute Gasteiger partial charge is 0.349 e. The van der Waals surface area contributed by atoms with Gasteiger partial charge in [-0.2, -0.15) is 20.0 Å². The highest BCUT2D eigenvalue weighted by atomic mass is 35.5. The lowest BCUT2D eigenvalue weighted by molar-refractivity contribution is 0.0724. The number of halogens is 2. The Bertz CT molecular complexity index is 1530. The summed E-state index contributed by atoms with van der Waals surface area (Å²) in [4.78, 5) is 40.1. The zero-order valence-corrected chi connectivity index (χ0v) is 19.5. The summed E-state index contributed by atoms with van der Waals surface area (Å²) in [6.07, 6.45) is 3.20. The predicted octanol–water partition coefficient (Wildman–Crippen LogP) is 3.01. The van der Waals surface area contributed by atoms with Crippen molar-refractivity contribution in [3.63, 3.8) is 0 Å². The maximum Gasteiger partial charge on any atom is 0.349 e. The van der Waals surface area contributed by atoms with Gasteiger partial charge in [-0.1, -0.05) is 23.2 Å². The number of aromatic amines is 1. The number of nitrogens with zero attached hydrogens (tertiary/aromatic N) is 5. The largest absolute Gasteiger partial charge is 0.454 e. The molecule has 1 N–H and O–H groups in total. The van der Waals surface area contributed by atoms with Crippen LogP contribution < -0.4 is 16.0 Å². The zero-order valence-electron chi connectivity index (χ0n) is 17.9. The van der Waals surface area contributed by atoms with Crippen LogP contribution in [0.25, 0.3) is 5.69 Å². The molecule has 176 valence electrons. The van der Waals surface area contributed by atoms with E-state index >= 15 is 0 Å². The van der Waals surface area contributed by atoms with Crippen LogP contribution in [-0.2, 0) is 13.0 Å². The number of hydrogen-bond donors (Lipinski definition) is 1. The summed E-state index contributed by atoms with van der Waals surface area (Å²) in [6.45, 7) is 0.915. The van der Waals surface area contributed by atoms with Gasteiger partial charge in [0.05, 0.1) is 28.0 Å². The highest BCUT2D eigenvalue weighted by Crippen LogP contribution is 2.38. The summed E-state index contributed by atoms with van der Waals surface area (Å²) in [5.74, 6) is 0.540. The molecule has 1 amide bonds. The normalized spacial score (nSPS) is 13.0. The third-order valence-electron chi connectivity index (χ3n) is 5.39. The number of hydrogen-bond acceptors (Lipinski definition) is 7. The van der Waals surface area contributed by atoms with Gasteiger partial charge in [0, 0.05) is 18.3 Å². The van der Waals surface area contributed by atoms with Crippen molar-refractivity contribution in [2.75, 3.05) is 6.54 Å². The van der Waals surface area contributed by atoms with E-state index in [2.05, 4.69) is 20.3 Å². The van der Waals surface area contributed by atoms with Crippen molar-refractivity contribution in [2.24, 2.45) is 0 Å². The molecule has 0 saturated heterocycles. The van der Waals surface area contributed by atoms with E-state index in [0.717, 1.165) is 22.1 Å². The van der Waals surface area contributed by atoms with Crippen LogP contribution in [0.5, 0.6) is 11.5 Å². The van der Waals surface area contributed by atoms with Gasteiger partial charge < -0.3 is 9.64 Å². The molecule has 0 fully saturated rings. The van der Waals surface area contributed by atoms with Crippen LogP contribution in [0.3, 0.4) is 0 Å². The van der Waals surface area contributed by atoms with E-state index in [1.165, 1.54) is 12.1 Å². The number of carbonyl (C=O) groups is 1. The average Bonchev–Trinajstić information content (AvgIpc) is 2.84. The second kappa shape index (κ2) is 9.32. The molecule has 1 aliphatic heterocycles. The number of H-pyrrole nitrogens is 1. The topological polar surface area (TPSA) is 123 Å². The van der Waals surface area contributed by atoms with Gasteiger partial charge in [0.15, 0.2) is 5.75 Å². The maximum atomic E-state index is 13.0. The maximum absolute atomic E-state index is 13.0. The predicted molar refractivity (Wildman–Crippen MR) is 127 cm³/mol. The summed E-state index contributed by atoms with van der Waals surface area (Å²) in [5.41, 5.74) is 1.06. The van der Waals surface area contributed by atoms with Crippen molar-refractivity contribution >= 4 is 29.1 Å². The second-order valence-electron chi connectivity index (χ2n) is 7.70. The lowest BCUT2D eigenvalue weighted by atomic mass is 9.98. The fourth-order valence-electron chi connectivity index (χ4n) is 3.76. The fourth-order valence-corrected chi connectivity index (χ4v) is 4.31. The van der Waals surface area contributed by atoms with E-state index < -0.39 is 11.2 Å². The minimum absolute atomic E-state index is 0.0947. The monoisotopic (exact) mass is 510 g/mol. The molecule has 2 aromatic heterocycles. The first-order chi connectivity index (χ1) is 16.9. The standard InChI is InChI=1S/C23H16Cl2N6O4/c24-18-9-15(31-23(34)28-20(32)11-27-31)10-19(25)21(18)35-16-3-4-17-13(8-16)5-7-30(22(17)33)12-14-2-1-6-26-29-14/h1-4,6,8-11H,5,7,12H2,(H,28,32,34).